The number of amides is 2. The highest BCUT2D eigenvalue weighted by atomic mass is 19.4. The average molecular weight is 441 g/mol. The molecule has 0 radical (unpaired) electrons. The van der Waals surface area contributed by atoms with E-state index in [0.29, 0.717) is 5.69 Å². The van der Waals surface area contributed by atoms with Crippen LogP contribution in [0.4, 0.5) is 30.2 Å². The number of aryl methyl sites for hydroxylation is 2. The number of benzene rings is 3. The smallest absolute Gasteiger partial charge is 0.376 e. The Morgan fingerprint density at radius 1 is 0.781 bits per heavy atom. The number of carbonyl (C=O) groups is 2. The van der Waals surface area contributed by atoms with Gasteiger partial charge in [-0.05, 0) is 73.5 Å². The molecule has 0 unspecified atom stereocenters. The summed E-state index contributed by atoms with van der Waals surface area (Å²) in [6.07, 6.45) is -4.50. The fourth-order valence-corrected chi connectivity index (χ4v) is 2.95. The molecule has 0 bridgehead atoms. The fourth-order valence-electron chi connectivity index (χ4n) is 2.95. The second kappa shape index (κ2) is 9.55. The minimum atomic E-state index is -4.50. The third-order valence-electron chi connectivity index (χ3n) is 4.82. The van der Waals surface area contributed by atoms with E-state index in [-0.39, 0.29) is 23.7 Å². The standard InChI is InChI=1S/C24H22F3N3O2/c1-15-9-10-19(11-16(15)2)28-14-22(31)29-20-7-3-5-17(12-20)23(32)30-21-8-4-6-18(13-21)24(25,26)27/h3-13,28H,14H2,1-2H3,(H,29,31)(H,30,32). The number of rotatable bonds is 6. The highest BCUT2D eigenvalue weighted by Crippen LogP contribution is 2.30. The van der Waals surface area contributed by atoms with Crippen molar-refractivity contribution in [2.45, 2.75) is 20.0 Å². The van der Waals surface area contributed by atoms with Crippen molar-refractivity contribution in [3.05, 3.63) is 89.0 Å². The summed E-state index contributed by atoms with van der Waals surface area (Å²) in [7, 11) is 0. The highest BCUT2D eigenvalue weighted by molar-refractivity contribution is 6.05. The number of nitrogens with one attached hydrogen (secondary N) is 3. The largest absolute Gasteiger partial charge is 0.416 e. The molecule has 166 valence electrons. The molecule has 32 heavy (non-hydrogen) atoms. The van der Waals surface area contributed by atoms with E-state index in [9.17, 15) is 22.8 Å². The van der Waals surface area contributed by atoms with E-state index in [2.05, 4.69) is 16.0 Å². The lowest BCUT2D eigenvalue weighted by Gasteiger charge is -2.11. The van der Waals surface area contributed by atoms with Crippen molar-refractivity contribution in [2.75, 3.05) is 22.5 Å². The summed E-state index contributed by atoms with van der Waals surface area (Å²) in [5, 5.41) is 8.18. The van der Waals surface area contributed by atoms with Gasteiger partial charge in [-0.25, -0.2) is 0 Å². The third kappa shape index (κ3) is 6.10. The molecule has 0 atom stereocenters. The molecule has 3 rings (SSSR count). The van der Waals surface area contributed by atoms with Crippen LogP contribution >= 0.6 is 0 Å². The molecule has 0 saturated heterocycles. The zero-order valence-electron chi connectivity index (χ0n) is 17.5. The van der Waals surface area contributed by atoms with E-state index in [1.165, 1.54) is 24.3 Å². The Hall–Kier alpha value is -3.81. The van der Waals surface area contributed by atoms with Gasteiger partial charge in [-0.3, -0.25) is 9.59 Å². The van der Waals surface area contributed by atoms with Crippen molar-refractivity contribution >= 4 is 28.9 Å². The lowest BCUT2D eigenvalue weighted by Crippen LogP contribution is -2.22. The Morgan fingerprint density at radius 2 is 1.47 bits per heavy atom. The molecule has 0 spiro atoms. The van der Waals surface area contributed by atoms with Crippen LogP contribution in [0.25, 0.3) is 0 Å². The van der Waals surface area contributed by atoms with E-state index >= 15 is 0 Å². The SMILES string of the molecule is Cc1ccc(NCC(=O)Nc2cccc(C(=O)Nc3cccc(C(F)(F)F)c3)c2)cc1C. The number of hydrogen-bond acceptors (Lipinski definition) is 3. The van der Waals surface area contributed by atoms with E-state index in [4.69, 9.17) is 0 Å². The molecular weight excluding hydrogens is 419 g/mol. The molecule has 0 aliphatic carbocycles. The summed E-state index contributed by atoms with van der Waals surface area (Å²) in [5.74, 6) is -0.896. The summed E-state index contributed by atoms with van der Waals surface area (Å²) in [4.78, 5) is 24.7. The Kier molecular flexibility index (Phi) is 6.82. The van der Waals surface area contributed by atoms with Gasteiger partial charge in [0.05, 0.1) is 12.1 Å². The maximum Gasteiger partial charge on any atom is 0.416 e. The minimum Gasteiger partial charge on any atom is -0.376 e. The first kappa shape index (κ1) is 22.9. The van der Waals surface area contributed by atoms with E-state index in [0.717, 1.165) is 28.9 Å². The van der Waals surface area contributed by atoms with Crippen molar-refractivity contribution < 1.29 is 22.8 Å². The Labute approximate surface area is 183 Å². The Morgan fingerprint density at radius 3 is 2.16 bits per heavy atom. The van der Waals surface area contributed by atoms with Crippen molar-refractivity contribution in [3.8, 4) is 0 Å². The van der Waals surface area contributed by atoms with Gasteiger partial charge in [0.1, 0.15) is 0 Å². The summed E-state index contributed by atoms with van der Waals surface area (Å²) in [6, 6.07) is 16.3. The lowest BCUT2D eigenvalue weighted by atomic mass is 10.1. The van der Waals surface area contributed by atoms with Crippen LogP contribution in [0.1, 0.15) is 27.0 Å². The van der Waals surface area contributed by atoms with E-state index in [1.54, 1.807) is 12.1 Å². The molecule has 2 amide bonds. The number of carbonyl (C=O) groups excluding carboxylic acids is 2. The van der Waals surface area contributed by atoms with Crippen LogP contribution in [0.15, 0.2) is 66.7 Å². The molecule has 0 aliphatic rings. The van der Waals surface area contributed by atoms with Crippen LogP contribution in [0.2, 0.25) is 0 Å². The molecular formula is C24H22F3N3O2. The first-order valence-electron chi connectivity index (χ1n) is 9.81. The van der Waals surface area contributed by atoms with Crippen LogP contribution in [0.3, 0.4) is 0 Å². The number of alkyl halides is 3. The third-order valence-corrected chi connectivity index (χ3v) is 4.82. The molecule has 3 N–H and O–H groups in total. The van der Waals surface area contributed by atoms with Gasteiger partial charge in [-0.2, -0.15) is 13.2 Å². The highest BCUT2D eigenvalue weighted by Gasteiger charge is 2.30. The summed E-state index contributed by atoms with van der Waals surface area (Å²) in [5.41, 5.74) is 2.84. The fraction of sp³-hybridized carbons (Fsp3) is 0.167. The normalized spacial score (nSPS) is 11.0. The van der Waals surface area contributed by atoms with Gasteiger partial charge in [0.25, 0.3) is 5.91 Å². The lowest BCUT2D eigenvalue weighted by molar-refractivity contribution is -0.137. The zero-order valence-corrected chi connectivity index (χ0v) is 17.5. The maximum atomic E-state index is 12.9. The van der Waals surface area contributed by atoms with Crippen LogP contribution in [0.5, 0.6) is 0 Å². The Bertz CT molecular complexity index is 1140. The number of anilines is 3. The van der Waals surface area contributed by atoms with Gasteiger partial charge < -0.3 is 16.0 Å². The topological polar surface area (TPSA) is 70.2 Å². The van der Waals surface area contributed by atoms with Gasteiger partial charge in [0.2, 0.25) is 5.91 Å². The monoisotopic (exact) mass is 441 g/mol. The number of hydrogen-bond donors (Lipinski definition) is 3. The van der Waals surface area contributed by atoms with E-state index in [1.807, 2.05) is 32.0 Å². The van der Waals surface area contributed by atoms with Gasteiger partial charge >= 0.3 is 6.18 Å². The van der Waals surface area contributed by atoms with Crippen molar-refractivity contribution in [2.24, 2.45) is 0 Å². The molecule has 3 aromatic carbocycles. The predicted molar refractivity (Wildman–Crippen MR) is 119 cm³/mol. The van der Waals surface area contributed by atoms with Gasteiger partial charge in [0, 0.05) is 22.6 Å². The first-order valence-corrected chi connectivity index (χ1v) is 9.81. The maximum absolute atomic E-state index is 12.9. The predicted octanol–water partition coefficient (Wildman–Crippen LogP) is 5.63. The molecule has 0 saturated carbocycles. The molecule has 0 fully saturated rings. The van der Waals surface area contributed by atoms with Crippen molar-refractivity contribution in [1.82, 2.24) is 0 Å². The van der Waals surface area contributed by atoms with Crippen molar-refractivity contribution in [1.29, 1.82) is 0 Å². The molecule has 0 heterocycles. The minimum absolute atomic E-state index is 0.0249. The van der Waals surface area contributed by atoms with Gasteiger partial charge in [-0.15, -0.1) is 0 Å². The first-order chi connectivity index (χ1) is 15.1. The summed E-state index contributed by atoms with van der Waals surface area (Å²) < 4.78 is 38.6. The quantitative estimate of drug-likeness (QED) is 0.465. The molecule has 0 aliphatic heterocycles. The van der Waals surface area contributed by atoms with E-state index < -0.39 is 17.6 Å². The van der Waals surface area contributed by atoms with Gasteiger partial charge in [-0.1, -0.05) is 18.2 Å². The zero-order chi connectivity index (χ0) is 23.3. The average Bonchev–Trinajstić information content (AvgIpc) is 2.74. The molecule has 8 heteroatoms. The summed E-state index contributed by atoms with van der Waals surface area (Å²) in [6.45, 7) is 4.02. The molecule has 0 aromatic heterocycles. The molecule has 3 aromatic rings. The van der Waals surface area contributed by atoms with Crippen molar-refractivity contribution in [3.63, 3.8) is 0 Å². The van der Waals surface area contributed by atoms with Crippen LogP contribution in [-0.2, 0) is 11.0 Å². The molecule has 5 nitrogen and oxygen atoms in total. The number of halogens is 3. The second-order valence-corrected chi connectivity index (χ2v) is 7.31. The van der Waals surface area contributed by atoms with Crippen LogP contribution in [0, 0.1) is 13.8 Å². The summed E-state index contributed by atoms with van der Waals surface area (Å²) >= 11 is 0. The second-order valence-electron chi connectivity index (χ2n) is 7.31. The Balaban J connectivity index is 1.61. The van der Waals surface area contributed by atoms with Crippen LogP contribution in [-0.4, -0.2) is 18.4 Å². The van der Waals surface area contributed by atoms with Crippen LogP contribution < -0.4 is 16.0 Å². The van der Waals surface area contributed by atoms with Gasteiger partial charge in [0.15, 0.2) is 0 Å².